The molecular weight excluding hydrogens is 526 g/mol. The lowest BCUT2D eigenvalue weighted by Crippen LogP contribution is -2.59. The van der Waals surface area contributed by atoms with Gasteiger partial charge in [-0.3, -0.25) is 29.3 Å². The van der Waals surface area contributed by atoms with Crippen molar-refractivity contribution in [2.24, 2.45) is 11.3 Å². The second-order valence-electron chi connectivity index (χ2n) is 12.1. The molecule has 0 bridgehead atoms. The predicted octanol–water partition coefficient (Wildman–Crippen LogP) is 1.99. The summed E-state index contributed by atoms with van der Waals surface area (Å²) in [5.74, 6) is -1.03. The Hall–Kier alpha value is -3.02. The number of carbonyl (C=O) groups is 4. The van der Waals surface area contributed by atoms with Crippen molar-refractivity contribution in [3.8, 4) is 0 Å². The highest BCUT2D eigenvalue weighted by molar-refractivity contribution is 5.94. The highest BCUT2D eigenvalue weighted by Crippen LogP contribution is 2.23. The number of unbranched alkanes of at least 4 members (excludes halogenated alkanes) is 1. The van der Waals surface area contributed by atoms with Crippen LogP contribution in [-0.4, -0.2) is 114 Å². The molecule has 11 heteroatoms. The maximum Gasteiger partial charge on any atom is 0.254 e. The SMILES string of the molecule is CCCC[C@H](CN(O)C=O)C(=O)NC(C(=O)N1CCN(Cc2ccc(C(=O)N3CCOCC3)cc2)CC1)C(C)(C)C. The van der Waals surface area contributed by atoms with Crippen molar-refractivity contribution >= 4 is 24.1 Å². The Kier molecular flexibility index (Phi) is 12.1. The zero-order valence-electron chi connectivity index (χ0n) is 25.0. The van der Waals surface area contributed by atoms with Crippen LogP contribution in [0.5, 0.6) is 0 Å². The van der Waals surface area contributed by atoms with Gasteiger partial charge < -0.3 is 19.9 Å². The van der Waals surface area contributed by atoms with E-state index in [9.17, 15) is 24.4 Å². The number of rotatable bonds is 12. The molecule has 1 aromatic rings. The Morgan fingerprint density at radius 1 is 1.02 bits per heavy atom. The fraction of sp³-hybridized carbons (Fsp3) is 0.667. The van der Waals surface area contributed by atoms with Crippen LogP contribution in [0.1, 0.15) is 62.9 Å². The van der Waals surface area contributed by atoms with Gasteiger partial charge in [0.25, 0.3) is 5.91 Å². The lowest BCUT2D eigenvalue weighted by atomic mass is 9.85. The van der Waals surface area contributed by atoms with E-state index >= 15 is 0 Å². The van der Waals surface area contributed by atoms with Crippen molar-refractivity contribution in [2.45, 2.75) is 59.5 Å². The molecule has 2 aliphatic rings. The molecule has 2 fully saturated rings. The van der Waals surface area contributed by atoms with E-state index in [-0.39, 0.29) is 30.7 Å². The summed E-state index contributed by atoms with van der Waals surface area (Å²) in [6.45, 7) is 13.2. The zero-order chi connectivity index (χ0) is 30.0. The van der Waals surface area contributed by atoms with Gasteiger partial charge in [0.2, 0.25) is 18.2 Å². The van der Waals surface area contributed by atoms with Gasteiger partial charge in [-0.2, -0.15) is 0 Å². The summed E-state index contributed by atoms with van der Waals surface area (Å²) in [4.78, 5) is 56.4. The number of nitrogens with zero attached hydrogens (tertiary/aromatic N) is 4. The van der Waals surface area contributed by atoms with Crippen LogP contribution in [0.2, 0.25) is 0 Å². The number of nitrogens with one attached hydrogen (secondary N) is 1. The number of carbonyl (C=O) groups excluding carboxylic acids is 4. The first-order valence-electron chi connectivity index (χ1n) is 14.7. The Bertz CT molecular complexity index is 1010. The Morgan fingerprint density at radius 3 is 2.22 bits per heavy atom. The minimum atomic E-state index is -0.731. The topological polar surface area (TPSA) is 123 Å². The van der Waals surface area contributed by atoms with E-state index in [1.807, 2.05) is 61.8 Å². The number of ether oxygens (including phenoxy) is 1. The minimum Gasteiger partial charge on any atom is -0.378 e. The number of benzene rings is 1. The van der Waals surface area contributed by atoms with Crippen molar-refractivity contribution < 1.29 is 29.1 Å². The molecule has 3 rings (SSSR count). The quantitative estimate of drug-likeness (QED) is 0.223. The third-order valence-corrected chi connectivity index (χ3v) is 7.79. The summed E-state index contributed by atoms with van der Waals surface area (Å²) in [6, 6.07) is 7.00. The standard InChI is InChI=1S/C30H47N5O6/c1-5-6-7-25(21-35(40)22-36)27(37)31-26(30(2,3)4)29(39)33-14-12-32(13-15-33)20-23-8-10-24(11-9-23)28(38)34-16-18-41-19-17-34/h8-11,22,25-26,40H,5-7,12-21H2,1-4H3,(H,31,37)/t25-,26?/m1/s1. The first-order chi connectivity index (χ1) is 19.5. The van der Waals surface area contributed by atoms with Gasteiger partial charge in [0.05, 0.1) is 25.7 Å². The van der Waals surface area contributed by atoms with Crippen molar-refractivity contribution in [3.63, 3.8) is 0 Å². The predicted molar refractivity (Wildman–Crippen MR) is 154 cm³/mol. The molecule has 0 aromatic heterocycles. The molecule has 0 spiro atoms. The van der Waals surface area contributed by atoms with Crippen LogP contribution in [0.25, 0.3) is 0 Å². The van der Waals surface area contributed by atoms with E-state index in [1.165, 1.54) is 0 Å². The maximum atomic E-state index is 13.6. The van der Waals surface area contributed by atoms with Crippen molar-refractivity contribution in [1.82, 2.24) is 25.1 Å². The summed E-state index contributed by atoms with van der Waals surface area (Å²) in [7, 11) is 0. The fourth-order valence-electron chi connectivity index (χ4n) is 5.20. The van der Waals surface area contributed by atoms with Crippen molar-refractivity contribution in [3.05, 3.63) is 35.4 Å². The molecule has 2 heterocycles. The molecule has 2 atom stereocenters. The van der Waals surface area contributed by atoms with E-state index in [0.29, 0.717) is 69.5 Å². The summed E-state index contributed by atoms with van der Waals surface area (Å²) >= 11 is 0. The van der Waals surface area contributed by atoms with Crippen molar-refractivity contribution in [1.29, 1.82) is 0 Å². The number of hydrogen-bond donors (Lipinski definition) is 2. The van der Waals surface area contributed by atoms with E-state index in [2.05, 4.69) is 10.2 Å². The number of piperazine rings is 1. The highest BCUT2D eigenvalue weighted by atomic mass is 16.5. The molecule has 1 unspecified atom stereocenters. The van der Waals surface area contributed by atoms with Crippen LogP contribution in [0.4, 0.5) is 0 Å². The highest BCUT2D eigenvalue weighted by Gasteiger charge is 2.38. The van der Waals surface area contributed by atoms with Crippen molar-refractivity contribution in [2.75, 3.05) is 59.0 Å². The average molecular weight is 574 g/mol. The van der Waals surface area contributed by atoms with E-state index < -0.39 is 17.4 Å². The lowest BCUT2D eigenvalue weighted by Gasteiger charge is -2.40. The van der Waals surface area contributed by atoms with Crippen LogP contribution < -0.4 is 5.32 Å². The zero-order valence-corrected chi connectivity index (χ0v) is 25.0. The van der Waals surface area contributed by atoms with E-state index in [0.717, 1.165) is 24.9 Å². The molecule has 1 aromatic carbocycles. The van der Waals surface area contributed by atoms with Crippen LogP contribution in [-0.2, 0) is 25.7 Å². The summed E-state index contributed by atoms with van der Waals surface area (Å²) in [5.41, 5.74) is 1.26. The summed E-state index contributed by atoms with van der Waals surface area (Å²) < 4.78 is 5.33. The second-order valence-corrected chi connectivity index (χ2v) is 12.1. The van der Waals surface area contributed by atoms with Crippen LogP contribution in [0.15, 0.2) is 24.3 Å². The van der Waals surface area contributed by atoms with Gasteiger partial charge >= 0.3 is 0 Å². The molecular formula is C30H47N5O6. The van der Waals surface area contributed by atoms with E-state index in [1.54, 1.807) is 0 Å². The molecule has 0 aliphatic carbocycles. The molecule has 0 saturated carbocycles. The number of morpholine rings is 1. The number of amides is 4. The van der Waals surface area contributed by atoms with Crippen LogP contribution >= 0.6 is 0 Å². The molecule has 41 heavy (non-hydrogen) atoms. The molecule has 11 nitrogen and oxygen atoms in total. The first kappa shape index (κ1) is 32.5. The minimum absolute atomic E-state index is 0.0292. The third-order valence-electron chi connectivity index (χ3n) is 7.79. The van der Waals surface area contributed by atoms with Gasteiger partial charge in [-0.25, -0.2) is 5.06 Å². The number of hydroxylamine groups is 2. The first-order valence-corrected chi connectivity index (χ1v) is 14.7. The van der Waals surface area contributed by atoms with Crippen LogP contribution in [0, 0.1) is 11.3 Å². The summed E-state index contributed by atoms with van der Waals surface area (Å²) in [6.07, 6.45) is 2.45. The smallest absolute Gasteiger partial charge is 0.254 e. The molecule has 228 valence electrons. The van der Waals surface area contributed by atoms with Gasteiger partial charge in [0.15, 0.2) is 0 Å². The van der Waals surface area contributed by atoms with Gasteiger partial charge in [0, 0.05) is 51.4 Å². The Morgan fingerprint density at radius 2 is 1.66 bits per heavy atom. The van der Waals surface area contributed by atoms with Gasteiger partial charge in [0.1, 0.15) is 6.04 Å². The monoisotopic (exact) mass is 573 g/mol. The van der Waals surface area contributed by atoms with Gasteiger partial charge in [-0.1, -0.05) is 52.7 Å². The summed E-state index contributed by atoms with van der Waals surface area (Å²) in [5, 5.41) is 13.1. The van der Waals surface area contributed by atoms with Gasteiger partial charge in [-0.15, -0.1) is 0 Å². The number of hydrogen-bond acceptors (Lipinski definition) is 7. The maximum absolute atomic E-state index is 13.6. The molecule has 2 N–H and O–H groups in total. The Balaban J connectivity index is 1.55. The second kappa shape index (κ2) is 15.3. The third kappa shape index (κ3) is 9.51. The molecule has 2 aliphatic heterocycles. The average Bonchev–Trinajstić information content (AvgIpc) is 2.97. The van der Waals surface area contributed by atoms with Crippen LogP contribution in [0.3, 0.4) is 0 Å². The van der Waals surface area contributed by atoms with E-state index in [4.69, 9.17) is 4.74 Å². The van der Waals surface area contributed by atoms with Gasteiger partial charge in [-0.05, 0) is 29.5 Å². The molecule has 0 radical (unpaired) electrons. The largest absolute Gasteiger partial charge is 0.378 e. The fourth-order valence-corrected chi connectivity index (χ4v) is 5.20. The molecule has 2 saturated heterocycles. The normalized spacial score (nSPS) is 18.0. The Labute approximate surface area is 243 Å². The lowest BCUT2D eigenvalue weighted by molar-refractivity contribution is -0.155. The molecule has 4 amide bonds.